The average molecular weight is 577 g/mol. The Balaban J connectivity index is 0.00000353. The summed E-state index contributed by atoms with van der Waals surface area (Å²) in [6.07, 6.45) is -5.09. The van der Waals surface area contributed by atoms with Gasteiger partial charge < -0.3 is 20.4 Å². The van der Waals surface area contributed by atoms with Crippen LogP contribution >= 0.6 is 11.8 Å². The van der Waals surface area contributed by atoms with Crippen LogP contribution in [0.3, 0.4) is 0 Å². The summed E-state index contributed by atoms with van der Waals surface area (Å²) in [6, 6.07) is 3.60. The molecule has 5 rings (SSSR count). The second kappa shape index (κ2) is 10.8. The molecule has 0 saturated carbocycles. The molecule has 2 saturated heterocycles. The summed E-state index contributed by atoms with van der Waals surface area (Å²) in [4.78, 5) is 50.4. The predicted molar refractivity (Wildman–Crippen MR) is 127 cm³/mol. The molecule has 2 aromatic rings. The third kappa shape index (κ3) is 5.35. The molecule has 0 aliphatic carbocycles. The molecule has 18 heteroatoms. The number of hydrogen-bond donors (Lipinski definition) is 3. The average Bonchev–Trinajstić information content (AvgIpc) is 3.44. The number of aromatic nitrogens is 4. The topological polar surface area (TPSA) is 171 Å². The van der Waals surface area contributed by atoms with Gasteiger partial charge in [0.25, 0.3) is 5.91 Å². The molecule has 4 heterocycles. The van der Waals surface area contributed by atoms with Crippen molar-refractivity contribution in [2.24, 2.45) is 5.92 Å². The Morgan fingerprint density at radius 2 is 1.87 bits per heavy atom. The van der Waals surface area contributed by atoms with E-state index in [2.05, 4.69) is 20.8 Å². The normalized spacial score (nSPS) is 21.7. The van der Waals surface area contributed by atoms with Gasteiger partial charge in [-0.1, -0.05) is 11.8 Å². The number of nitrogens with one attached hydrogen (secondary N) is 1. The van der Waals surface area contributed by atoms with Gasteiger partial charge in [-0.15, -0.1) is 5.10 Å². The van der Waals surface area contributed by atoms with Crippen molar-refractivity contribution in [1.82, 2.24) is 30.0 Å². The number of β-lactam (4-membered cyclic amide) rings is 1. The van der Waals surface area contributed by atoms with Gasteiger partial charge in [-0.3, -0.25) is 19.3 Å². The van der Waals surface area contributed by atoms with Crippen molar-refractivity contribution in [3.05, 3.63) is 35.5 Å². The minimum absolute atomic E-state index is 0. The van der Waals surface area contributed by atoms with Crippen LogP contribution in [0.5, 0.6) is 5.75 Å². The summed E-state index contributed by atoms with van der Waals surface area (Å²) in [5, 5.41) is 33.0. The number of hydrogen-bond acceptors (Lipinski definition) is 9. The van der Waals surface area contributed by atoms with E-state index in [1.54, 1.807) is 0 Å². The van der Waals surface area contributed by atoms with E-state index in [1.807, 2.05) is 0 Å². The Morgan fingerprint density at radius 1 is 1.18 bits per heavy atom. The number of carboxylic acid groups (broad SMARTS) is 1. The van der Waals surface area contributed by atoms with Gasteiger partial charge in [0.1, 0.15) is 24.0 Å². The molecule has 39 heavy (non-hydrogen) atoms. The van der Waals surface area contributed by atoms with Crippen molar-refractivity contribution >= 4 is 70.7 Å². The SMILES string of the molecule is O=C(Cn1nnnc1SCC1=C(C(=O)O)N2C(=O)[C@@H]3[C@H]2[C@H](C1)CN3C(=O)C(F)(F)F)Nc1ccc(O)cc1.[NaH]. The number of tetrazole rings is 1. The zero-order chi connectivity index (χ0) is 27.4. The Hall–Kier alpha value is -3.15. The monoisotopic (exact) mass is 577 g/mol. The number of benzene rings is 1. The van der Waals surface area contributed by atoms with Crippen LogP contribution in [0.4, 0.5) is 18.9 Å². The Bertz CT molecular complexity index is 1370. The molecule has 13 nitrogen and oxygen atoms in total. The molecule has 3 N–H and O–H groups in total. The van der Waals surface area contributed by atoms with E-state index in [-0.39, 0.29) is 77.0 Å². The second-order valence-electron chi connectivity index (χ2n) is 8.82. The molecule has 3 aliphatic heterocycles. The quantitative estimate of drug-likeness (QED) is 0.173. The maximum absolute atomic E-state index is 13.0. The molecule has 2 fully saturated rings. The number of phenolic OH excluding ortho intramolecular Hbond substituents is 1. The number of nitrogens with zero attached hydrogens (tertiary/aromatic N) is 6. The summed E-state index contributed by atoms with van der Waals surface area (Å²) >= 11 is 0.992. The first-order valence-corrected chi connectivity index (χ1v) is 12.1. The minimum atomic E-state index is -5.15. The number of anilines is 1. The zero-order valence-corrected chi connectivity index (χ0v) is 19.9. The van der Waals surface area contributed by atoms with E-state index in [1.165, 1.54) is 28.9 Å². The second-order valence-corrected chi connectivity index (χ2v) is 9.77. The van der Waals surface area contributed by atoms with Crippen LogP contribution in [0.1, 0.15) is 6.42 Å². The van der Waals surface area contributed by atoms with Gasteiger partial charge >= 0.3 is 47.6 Å². The number of phenols is 1. The summed E-state index contributed by atoms with van der Waals surface area (Å²) in [5.74, 6) is -5.44. The fourth-order valence-corrected chi connectivity index (χ4v) is 5.87. The van der Waals surface area contributed by atoms with Crippen LogP contribution in [-0.2, 0) is 25.7 Å². The van der Waals surface area contributed by atoms with E-state index in [0.29, 0.717) is 10.6 Å². The van der Waals surface area contributed by atoms with Crippen molar-refractivity contribution < 1.29 is 42.6 Å². The Kier molecular flexibility index (Phi) is 7.98. The van der Waals surface area contributed by atoms with Crippen LogP contribution in [0, 0.1) is 5.92 Å². The molecule has 3 atom stereocenters. The third-order valence-electron chi connectivity index (χ3n) is 6.47. The molecule has 0 unspecified atom stereocenters. The summed E-state index contributed by atoms with van der Waals surface area (Å²) in [5.41, 5.74) is 0.376. The first kappa shape index (κ1) is 28.8. The molecule has 1 aromatic heterocycles. The zero-order valence-electron chi connectivity index (χ0n) is 19.1. The van der Waals surface area contributed by atoms with Crippen LogP contribution in [0.25, 0.3) is 0 Å². The third-order valence-corrected chi connectivity index (χ3v) is 7.51. The van der Waals surface area contributed by atoms with Crippen molar-refractivity contribution in [1.29, 1.82) is 0 Å². The summed E-state index contributed by atoms with van der Waals surface area (Å²) < 4.78 is 40.3. The molecule has 3 aliphatic rings. The number of carbonyl (C=O) groups excluding carboxylic acids is 3. The molecule has 1 aromatic carbocycles. The summed E-state index contributed by atoms with van der Waals surface area (Å²) in [7, 11) is 0. The molecule has 202 valence electrons. The summed E-state index contributed by atoms with van der Waals surface area (Å²) in [6.45, 7) is -0.612. The van der Waals surface area contributed by atoms with Crippen molar-refractivity contribution in [2.45, 2.75) is 36.4 Å². The van der Waals surface area contributed by atoms with Gasteiger partial charge in [0.2, 0.25) is 11.1 Å². The van der Waals surface area contributed by atoms with Gasteiger partial charge in [-0.25, -0.2) is 9.48 Å². The van der Waals surface area contributed by atoms with Gasteiger partial charge in [-0.2, -0.15) is 13.2 Å². The maximum atomic E-state index is 13.0. The number of aromatic hydroxyl groups is 1. The van der Waals surface area contributed by atoms with Gasteiger partial charge in [0.05, 0.1) is 6.04 Å². The number of halogens is 3. The van der Waals surface area contributed by atoms with E-state index in [4.69, 9.17) is 0 Å². The van der Waals surface area contributed by atoms with Gasteiger partial charge in [-0.05, 0) is 46.7 Å². The number of alkyl halides is 3. The predicted octanol–water partition coefficient (Wildman–Crippen LogP) is -0.196. The Labute approximate surface area is 243 Å². The number of carbonyl (C=O) groups is 4. The van der Waals surface area contributed by atoms with E-state index < -0.39 is 47.9 Å². The number of rotatable bonds is 7. The van der Waals surface area contributed by atoms with Crippen LogP contribution in [-0.4, -0.2) is 124 Å². The first-order chi connectivity index (χ1) is 18.0. The van der Waals surface area contributed by atoms with Crippen LogP contribution in [0.15, 0.2) is 40.7 Å². The van der Waals surface area contributed by atoms with Crippen molar-refractivity contribution in [2.75, 3.05) is 17.6 Å². The van der Waals surface area contributed by atoms with E-state index in [0.717, 1.165) is 16.7 Å². The van der Waals surface area contributed by atoms with Crippen LogP contribution < -0.4 is 5.32 Å². The van der Waals surface area contributed by atoms with Crippen molar-refractivity contribution in [3.63, 3.8) is 0 Å². The molecule has 0 radical (unpaired) electrons. The number of amides is 3. The van der Waals surface area contributed by atoms with E-state index in [9.17, 15) is 42.6 Å². The molecular weight excluding hydrogens is 558 g/mol. The number of carboxylic acids is 1. The molecule has 0 bridgehead atoms. The fraction of sp³-hybridized carbons (Fsp3) is 0.381. The van der Waals surface area contributed by atoms with Crippen molar-refractivity contribution in [3.8, 4) is 5.75 Å². The standard InChI is InChI=1S/C21H18F3N7O6S.Na.H/c22-21(23,24)19(37)29-6-9-5-10(15(18(35)36)31-14(9)16(29)17(31)34)8-38-20-26-27-28-30(20)7-13(33)25-11-1-3-12(32)4-2-11;;/h1-4,9,14,16,32H,5-8H2,(H,25,33)(H,35,36);;/t9-,14-,16+;;/m1../s1. The Morgan fingerprint density at radius 3 is 2.51 bits per heavy atom. The molecule has 3 amide bonds. The van der Waals surface area contributed by atoms with E-state index >= 15 is 0 Å². The van der Waals surface area contributed by atoms with Gasteiger partial charge in [0.15, 0.2) is 0 Å². The first-order valence-electron chi connectivity index (χ1n) is 11.1. The van der Waals surface area contributed by atoms with Gasteiger partial charge in [0, 0.05) is 23.9 Å². The van der Waals surface area contributed by atoms with Crippen LogP contribution in [0.2, 0.25) is 0 Å². The molecule has 0 spiro atoms. The fourth-order valence-electron chi connectivity index (χ4n) is 4.97. The number of likely N-dealkylation sites (tertiary alicyclic amines) is 1. The number of thioether (sulfide) groups is 1. The number of aliphatic carboxylic acids is 1. The molecular formula is C21H19F3N7NaO6S.